The second-order valence-electron chi connectivity index (χ2n) is 6.79. The van der Waals surface area contributed by atoms with E-state index >= 15 is 0 Å². The van der Waals surface area contributed by atoms with Gasteiger partial charge in [-0.15, -0.1) is 11.8 Å². The number of halogens is 1. The second-order valence-corrected chi connectivity index (χ2v) is 9.53. The van der Waals surface area contributed by atoms with Gasteiger partial charge in [0.05, 0.1) is 24.8 Å². The van der Waals surface area contributed by atoms with Gasteiger partial charge in [0.2, 0.25) is 5.91 Å². The predicted octanol–water partition coefficient (Wildman–Crippen LogP) is 4.40. The van der Waals surface area contributed by atoms with E-state index < -0.39 is 28.3 Å². The molecule has 10 heteroatoms. The predicted molar refractivity (Wildman–Crippen MR) is 127 cm³/mol. The number of ether oxygens (including phenoxy) is 2. The molecule has 174 valence electrons. The van der Waals surface area contributed by atoms with E-state index in [0.29, 0.717) is 17.2 Å². The van der Waals surface area contributed by atoms with E-state index in [1.807, 2.05) is 6.26 Å². The van der Waals surface area contributed by atoms with E-state index in [1.54, 1.807) is 30.3 Å². The van der Waals surface area contributed by atoms with Crippen molar-refractivity contribution in [3.05, 3.63) is 72.5 Å². The molecule has 7 nitrogen and oxygen atoms in total. The lowest BCUT2D eigenvalue weighted by Gasteiger charge is -2.24. The first-order chi connectivity index (χ1) is 15.8. The quantitative estimate of drug-likeness (QED) is 0.448. The number of amides is 1. The molecule has 3 aromatic rings. The monoisotopic (exact) mass is 490 g/mol. The number of nitrogens with zero attached hydrogens (tertiary/aromatic N) is 1. The van der Waals surface area contributed by atoms with Crippen LogP contribution in [-0.4, -0.2) is 41.3 Å². The van der Waals surface area contributed by atoms with E-state index in [9.17, 15) is 17.6 Å². The Kier molecular flexibility index (Phi) is 7.83. The fourth-order valence-corrected chi connectivity index (χ4v) is 4.89. The summed E-state index contributed by atoms with van der Waals surface area (Å²) in [4.78, 5) is 13.7. The van der Waals surface area contributed by atoms with E-state index in [4.69, 9.17) is 9.47 Å². The highest BCUT2D eigenvalue weighted by molar-refractivity contribution is 7.98. The molecular weight excluding hydrogens is 467 g/mol. The van der Waals surface area contributed by atoms with Crippen LogP contribution in [0.3, 0.4) is 0 Å². The van der Waals surface area contributed by atoms with Crippen molar-refractivity contribution in [2.75, 3.05) is 36.6 Å². The maximum atomic E-state index is 13.9. The van der Waals surface area contributed by atoms with Crippen molar-refractivity contribution in [2.45, 2.75) is 9.79 Å². The highest BCUT2D eigenvalue weighted by atomic mass is 32.2. The van der Waals surface area contributed by atoms with Gasteiger partial charge in [-0.25, -0.2) is 12.8 Å². The number of benzene rings is 3. The summed E-state index contributed by atoms with van der Waals surface area (Å²) in [6, 6.07) is 16.1. The van der Waals surface area contributed by atoms with Gasteiger partial charge in [0.1, 0.15) is 12.4 Å². The van der Waals surface area contributed by atoms with Gasteiger partial charge in [-0.2, -0.15) is 0 Å². The van der Waals surface area contributed by atoms with Crippen LogP contribution in [0.5, 0.6) is 11.5 Å². The van der Waals surface area contributed by atoms with Gasteiger partial charge < -0.3 is 14.8 Å². The van der Waals surface area contributed by atoms with Gasteiger partial charge in [-0.3, -0.25) is 9.10 Å². The number of nitrogens with one attached hydrogen (secondary N) is 1. The SMILES string of the molecule is COc1ccc(NC(=O)CN(c2cccc(F)c2)S(=O)(=O)c2ccc(SC)cc2)cc1OC. The number of carbonyl (C=O) groups is 1. The first-order valence-electron chi connectivity index (χ1n) is 9.72. The zero-order valence-electron chi connectivity index (χ0n) is 18.2. The van der Waals surface area contributed by atoms with E-state index in [0.717, 1.165) is 15.3 Å². The van der Waals surface area contributed by atoms with Gasteiger partial charge >= 0.3 is 0 Å². The molecule has 33 heavy (non-hydrogen) atoms. The Balaban J connectivity index is 1.92. The molecule has 0 radical (unpaired) electrons. The van der Waals surface area contributed by atoms with E-state index in [2.05, 4.69) is 5.32 Å². The average molecular weight is 491 g/mol. The summed E-state index contributed by atoms with van der Waals surface area (Å²) in [6.07, 6.45) is 1.88. The van der Waals surface area contributed by atoms with Gasteiger partial charge in [0, 0.05) is 16.6 Å². The molecule has 0 aliphatic rings. The maximum absolute atomic E-state index is 13.9. The summed E-state index contributed by atoms with van der Waals surface area (Å²) < 4.78 is 52.0. The smallest absolute Gasteiger partial charge is 0.264 e. The Labute approximate surface area is 196 Å². The molecule has 3 rings (SSSR count). The second kappa shape index (κ2) is 10.6. The number of hydrogen-bond donors (Lipinski definition) is 1. The van der Waals surface area contributed by atoms with Crippen LogP contribution < -0.4 is 19.1 Å². The molecule has 1 amide bonds. The summed E-state index contributed by atoms with van der Waals surface area (Å²) in [5, 5.41) is 2.65. The van der Waals surface area contributed by atoms with Crippen LogP contribution in [-0.2, 0) is 14.8 Å². The average Bonchev–Trinajstić information content (AvgIpc) is 2.82. The fraction of sp³-hybridized carbons (Fsp3) is 0.174. The summed E-state index contributed by atoms with van der Waals surface area (Å²) in [5.41, 5.74) is 0.421. The third-order valence-corrected chi connectivity index (χ3v) is 7.23. The zero-order valence-corrected chi connectivity index (χ0v) is 19.9. The fourth-order valence-electron chi connectivity index (χ4n) is 3.07. The highest BCUT2D eigenvalue weighted by Gasteiger charge is 2.27. The highest BCUT2D eigenvalue weighted by Crippen LogP contribution is 2.30. The van der Waals surface area contributed by atoms with Crippen LogP contribution in [0.4, 0.5) is 15.8 Å². The lowest BCUT2D eigenvalue weighted by molar-refractivity contribution is -0.114. The molecule has 0 spiro atoms. The topological polar surface area (TPSA) is 84.9 Å². The first-order valence-corrected chi connectivity index (χ1v) is 12.4. The summed E-state index contributed by atoms with van der Waals surface area (Å²) >= 11 is 1.47. The molecule has 1 N–H and O–H groups in total. The summed E-state index contributed by atoms with van der Waals surface area (Å²) in [7, 11) is -1.20. The molecule has 0 aliphatic heterocycles. The molecule has 0 heterocycles. The molecule has 0 bridgehead atoms. The largest absolute Gasteiger partial charge is 0.493 e. The Hall–Kier alpha value is -3.24. The number of hydrogen-bond acceptors (Lipinski definition) is 6. The summed E-state index contributed by atoms with van der Waals surface area (Å²) in [5.74, 6) is -0.353. The molecule has 0 unspecified atom stereocenters. The van der Waals surface area contributed by atoms with Crippen LogP contribution in [0.1, 0.15) is 0 Å². The van der Waals surface area contributed by atoms with Crippen molar-refractivity contribution < 1.29 is 27.1 Å². The minimum Gasteiger partial charge on any atom is -0.493 e. The van der Waals surface area contributed by atoms with Crippen LogP contribution in [0.2, 0.25) is 0 Å². The molecule has 0 aliphatic carbocycles. The van der Waals surface area contributed by atoms with Crippen molar-refractivity contribution in [1.29, 1.82) is 0 Å². The number of sulfonamides is 1. The van der Waals surface area contributed by atoms with Crippen LogP contribution in [0, 0.1) is 5.82 Å². The Bertz CT molecular complexity index is 1230. The van der Waals surface area contributed by atoms with Crippen LogP contribution in [0.15, 0.2) is 76.5 Å². The third-order valence-electron chi connectivity index (χ3n) is 4.70. The number of carbonyl (C=O) groups excluding carboxylic acids is 1. The third kappa shape index (κ3) is 5.77. The number of rotatable bonds is 9. The Morgan fingerprint density at radius 3 is 2.30 bits per heavy atom. The van der Waals surface area contributed by atoms with E-state index in [-0.39, 0.29) is 10.6 Å². The Morgan fingerprint density at radius 2 is 1.70 bits per heavy atom. The number of anilines is 2. The normalized spacial score (nSPS) is 11.0. The van der Waals surface area contributed by atoms with Crippen molar-refractivity contribution in [3.8, 4) is 11.5 Å². The molecule has 0 aromatic heterocycles. The minimum absolute atomic E-state index is 0.0107. The minimum atomic E-state index is -4.15. The number of thioether (sulfide) groups is 1. The summed E-state index contributed by atoms with van der Waals surface area (Å²) in [6.45, 7) is -0.565. The van der Waals surface area contributed by atoms with Crippen molar-refractivity contribution in [1.82, 2.24) is 0 Å². The van der Waals surface area contributed by atoms with Gasteiger partial charge in [-0.05, 0) is 60.9 Å². The molecular formula is C23H23FN2O5S2. The molecule has 0 fully saturated rings. The van der Waals surface area contributed by atoms with Crippen molar-refractivity contribution >= 4 is 39.1 Å². The van der Waals surface area contributed by atoms with E-state index in [1.165, 1.54) is 56.3 Å². The van der Waals surface area contributed by atoms with Gasteiger partial charge in [0.15, 0.2) is 11.5 Å². The number of methoxy groups -OCH3 is 2. The molecule has 3 aromatic carbocycles. The van der Waals surface area contributed by atoms with Gasteiger partial charge in [0.25, 0.3) is 10.0 Å². The van der Waals surface area contributed by atoms with Crippen molar-refractivity contribution in [2.24, 2.45) is 0 Å². The molecule has 0 atom stereocenters. The van der Waals surface area contributed by atoms with Gasteiger partial charge in [-0.1, -0.05) is 6.07 Å². The lowest BCUT2D eigenvalue weighted by Crippen LogP contribution is -2.38. The lowest BCUT2D eigenvalue weighted by atomic mass is 10.2. The standard InChI is InChI=1S/C23H23FN2O5S2/c1-30-21-12-7-17(14-22(21)31-2)25-23(27)15-26(18-6-4-5-16(24)13-18)33(28,29)20-10-8-19(32-3)9-11-20/h4-14H,15H2,1-3H3,(H,25,27). The van der Waals surface area contributed by atoms with Crippen molar-refractivity contribution in [3.63, 3.8) is 0 Å². The Morgan fingerprint density at radius 1 is 1.00 bits per heavy atom. The van der Waals surface area contributed by atoms with Crippen LogP contribution in [0.25, 0.3) is 0 Å². The zero-order chi connectivity index (χ0) is 24.0. The van der Waals surface area contributed by atoms with Crippen LogP contribution >= 0.6 is 11.8 Å². The first kappa shape index (κ1) is 24.4. The maximum Gasteiger partial charge on any atom is 0.264 e. The molecule has 0 saturated carbocycles. The molecule has 0 saturated heterocycles.